The first kappa shape index (κ1) is 7.73. The Morgan fingerprint density at radius 1 is 1.50 bits per heavy atom. The molecule has 14 heavy (non-hydrogen) atoms. The highest BCUT2D eigenvalue weighted by Gasteiger charge is 2.27. The molecule has 0 aliphatic heterocycles. The molecule has 1 aliphatic carbocycles. The molecule has 72 valence electrons. The topological polar surface area (TPSA) is 71.8 Å². The van der Waals surface area contributed by atoms with Crippen molar-refractivity contribution in [3.8, 4) is 0 Å². The predicted octanol–water partition coefficient (Wildman–Crippen LogP) is 1.10. The van der Waals surface area contributed by atoms with Gasteiger partial charge in [-0.2, -0.15) is 4.98 Å². The van der Waals surface area contributed by atoms with E-state index in [0.717, 1.165) is 18.7 Å². The number of aromatic nitrogens is 3. The molecule has 0 spiro atoms. The highest BCUT2D eigenvalue weighted by molar-refractivity contribution is 5.74. The predicted molar refractivity (Wildman–Crippen MR) is 49.1 cm³/mol. The molecule has 5 heteroatoms. The molecule has 2 aromatic heterocycles. The number of nitrogens with zero attached hydrogens (tertiary/aromatic N) is 2. The molecule has 0 aromatic carbocycles. The Morgan fingerprint density at radius 3 is 3.00 bits per heavy atom. The summed E-state index contributed by atoms with van der Waals surface area (Å²) in [6.07, 6.45) is 2.20. The molecule has 0 bridgehead atoms. The Kier molecular flexibility index (Phi) is 1.34. The van der Waals surface area contributed by atoms with Crippen LogP contribution in [0.25, 0.3) is 11.1 Å². The fourth-order valence-corrected chi connectivity index (χ4v) is 1.56. The minimum atomic E-state index is -0.143. The molecule has 0 amide bonds. The van der Waals surface area contributed by atoms with Crippen LogP contribution in [0.5, 0.6) is 0 Å². The van der Waals surface area contributed by atoms with E-state index in [1.54, 1.807) is 6.92 Å². The highest BCUT2D eigenvalue weighted by atomic mass is 16.5. The van der Waals surface area contributed by atoms with E-state index < -0.39 is 0 Å². The largest absolute Gasteiger partial charge is 0.335 e. The Morgan fingerprint density at radius 2 is 2.29 bits per heavy atom. The summed E-state index contributed by atoms with van der Waals surface area (Å²) in [6.45, 7) is 1.74. The molecule has 2 heterocycles. The lowest BCUT2D eigenvalue weighted by Gasteiger charge is -1.94. The number of hydrogen-bond acceptors (Lipinski definition) is 4. The van der Waals surface area contributed by atoms with Gasteiger partial charge in [0.15, 0.2) is 0 Å². The van der Waals surface area contributed by atoms with Gasteiger partial charge in [0.05, 0.1) is 5.69 Å². The molecule has 1 fully saturated rings. The van der Waals surface area contributed by atoms with Crippen LogP contribution in [0.1, 0.15) is 30.3 Å². The zero-order valence-electron chi connectivity index (χ0n) is 7.70. The maximum Gasteiger partial charge on any atom is 0.265 e. The summed E-state index contributed by atoms with van der Waals surface area (Å²) in [4.78, 5) is 18.6. The fourth-order valence-electron chi connectivity index (χ4n) is 1.56. The number of nitrogens with one attached hydrogen (secondary N) is 1. The summed E-state index contributed by atoms with van der Waals surface area (Å²) in [6, 6.07) is 0. The fraction of sp³-hybridized carbons (Fsp3) is 0.444. The zero-order valence-corrected chi connectivity index (χ0v) is 7.70. The normalized spacial score (nSPS) is 16.4. The average Bonchev–Trinajstić information content (AvgIpc) is 2.92. The second-order valence-corrected chi connectivity index (χ2v) is 3.67. The molecule has 5 nitrogen and oxygen atoms in total. The monoisotopic (exact) mass is 191 g/mol. The van der Waals surface area contributed by atoms with Crippen LogP contribution in [-0.2, 0) is 0 Å². The standard InChI is InChI=1S/C9H9N3O2/c1-4-6-8(13)10-7(5-2-3-5)11-9(6)14-12-4/h5H,2-3H2,1H3,(H,10,11,13). The van der Waals surface area contributed by atoms with Gasteiger partial charge in [0.2, 0.25) is 0 Å². The van der Waals surface area contributed by atoms with Gasteiger partial charge in [0, 0.05) is 5.92 Å². The Bertz CT molecular complexity index is 551. The SMILES string of the molecule is Cc1noc2nc(C3CC3)[nH]c(=O)c12. The van der Waals surface area contributed by atoms with E-state index in [-0.39, 0.29) is 5.56 Å². The Labute approximate surface area is 79.1 Å². The van der Waals surface area contributed by atoms with Crippen LogP contribution in [0.2, 0.25) is 0 Å². The molecule has 2 aromatic rings. The van der Waals surface area contributed by atoms with Gasteiger partial charge in [-0.15, -0.1) is 0 Å². The van der Waals surface area contributed by atoms with Gasteiger partial charge in [0.1, 0.15) is 11.2 Å². The van der Waals surface area contributed by atoms with E-state index in [4.69, 9.17) is 4.52 Å². The minimum Gasteiger partial charge on any atom is -0.335 e. The molecule has 1 saturated carbocycles. The molecule has 0 unspecified atom stereocenters. The minimum absolute atomic E-state index is 0.143. The second-order valence-electron chi connectivity index (χ2n) is 3.67. The van der Waals surface area contributed by atoms with E-state index in [0.29, 0.717) is 22.7 Å². The Balaban J connectivity index is 2.34. The summed E-state index contributed by atoms with van der Waals surface area (Å²) in [5.41, 5.74) is 0.805. The van der Waals surface area contributed by atoms with Gasteiger partial charge in [-0.05, 0) is 19.8 Å². The van der Waals surface area contributed by atoms with Gasteiger partial charge in [-0.1, -0.05) is 5.16 Å². The first-order chi connectivity index (χ1) is 6.75. The third-order valence-electron chi connectivity index (χ3n) is 2.50. The van der Waals surface area contributed by atoms with Gasteiger partial charge in [0.25, 0.3) is 11.3 Å². The second kappa shape index (κ2) is 2.43. The first-order valence-corrected chi connectivity index (χ1v) is 4.62. The average molecular weight is 191 g/mol. The van der Waals surface area contributed by atoms with Crippen molar-refractivity contribution in [2.45, 2.75) is 25.7 Å². The number of hydrogen-bond donors (Lipinski definition) is 1. The number of rotatable bonds is 1. The number of fused-ring (bicyclic) bond motifs is 1. The number of aromatic amines is 1. The number of H-pyrrole nitrogens is 1. The Hall–Kier alpha value is -1.65. The lowest BCUT2D eigenvalue weighted by molar-refractivity contribution is 0.441. The van der Waals surface area contributed by atoms with Crippen LogP contribution in [0.15, 0.2) is 9.32 Å². The third-order valence-corrected chi connectivity index (χ3v) is 2.50. The van der Waals surface area contributed by atoms with Crippen molar-refractivity contribution in [3.05, 3.63) is 21.9 Å². The van der Waals surface area contributed by atoms with Crippen molar-refractivity contribution >= 4 is 11.1 Å². The van der Waals surface area contributed by atoms with E-state index in [1.165, 1.54) is 0 Å². The van der Waals surface area contributed by atoms with Gasteiger partial charge < -0.3 is 9.51 Å². The maximum atomic E-state index is 11.6. The lowest BCUT2D eigenvalue weighted by Crippen LogP contribution is -2.10. The molecule has 0 radical (unpaired) electrons. The zero-order chi connectivity index (χ0) is 9.71. The van der Waals surface area contributed by atoms with Crippen molar-refractivity contribution < 1.29 is 4.52 Å². The van der Waals surface area contributed by atoms with E-state index in [2.05, 4.69) is 15.1 Å². The van der Waals surface area contributed by atoms with E-state index >= 15 is 0 Å². The van der Waals surface area contributed by atoms with Crippen LogP contribution in [0.3, 0.4) is 0 Å². The number of aryl methyl sites for hydroxylation is 1. The summed E-state index contributed by atoms with van der Waals surface area (Å²) < 4.78 is 4.97. The van der Waals surface area contributed by atoms with Crippen molar-refractivity contribution in [1.82, 2.24) is 15.1 Å². The summed E-state index contributed by atoms with van der Waals surface area (Å²) >= 11 is 0. The molecule has 3 rings (SSSR count). The molecule has 1 aliphatic rings. The van der Waals surface area contributed by atoms with Gasteiger partial charge in [-0.25, -0.2) is 0 Å². The smallest absolute Gasteiger partial charge is 0.265 e. The molecule has 0 atom stereocenters. The molecule has 0 saturated heterocycles. The van der Waals surface area contributed by atoms with Gasteiger partial charge in [-0.3, -0.25) is 4.79 Å². The highest BCUT2D eigenvalue weighted by Crippen LogP contribution is 2.37. The van der Waals surface area contributed by atoms with Crippen molar-refractivity contribution in [2.75, 3.05) is 0 Å². The summed E-state index contributed by atoms with van der Waals surface area (Å²) in [7, 11) is 0. The van der Waals surface area contributed by atoms with Crippen LogP contribution >= 0.6 is 0 Å². The van der Waals surface area contributed by atoms with Gasteiger partial charge >= 0.3 is 0 Å². The van der Waals surface area contributed by atoms with E-state index in [9.17, 15) is 4.79 Å². The quantitative estimate of drug-likeness (QED) is 0.732. The maximum absolute atomic E-state index is 11.6. The van der Waals surface area contributed by atoms with Crippen molar-refractivity contribution in [1.29, 1.82) is 0 Å². The molecular formula is C9H9N3O2. The summed E-state index contributed by atoms with van der Waals surface area (Å²) in [5.74, 6) is 1.15. The van der Waals surface area contributed by atoms with E-state index in [1.807, 2.05) is 0 Å². The van der Waals surface area contributed by atoms with Crippen LogP contribution in [-0.4, -0.2) is 15.1 Å². The molecule has 1 N–H and O–H groups in total. The summed E-state index contributed by atoms with van der Waals surface area (Å²) in [5, 5.41) is 4.19. The third kappa shape index (κ3) is 0.982. The lowest BCUT2D eigenvalue weighted by atomic mass is 10.3. The first-order valence-electron chi connectivity index (χ1n) is 4.62. The molecular weight excluding hydrogens is 182 g/mol. The van der Waals surface area contributed by atoms with Crippen LogP contribution in [0.4, 0.5) is 0 Å². The van der Waals surface area contributed by atoms with Crippen LogP contribution < -0.4 is 5.56 Å². The van der Waals surface area contributed by atoms with Crippen molar-refractivity contribution in [3.63, 3.8) is 0 Å². The van der Waals surface area contributed by atoms with Crippen molar-refractivity contribution in [2.24, 2.45) is 0 Å². The van der Waals surface area contributed by atoms with Crippen LogP contribution in [0, 0.1) is 6.92 Å².